The van der Waals surface area contributed by atoms with E-state index in [4.69, 9.17) is 4.74 Å². The molecule has 0 bridgehead atoms. The van der Waals surface area contributed by atoms with E-state index in [1.54, 1.807) is 0 Å². The lowest BCUT2D eigenvalue weighted by Crippen LogP contribution is -2.20. The Bertz CT molecular complexity index is 837. The van der Waals surface area contributed by atoms with Crippen molar-refractivity contribution < 1.29 is 26.7 Å². The van der Waals surface area contributed by atoms with Crippen LogP contribution < -0.4 is 10.1 Å². The molecule has 0 aliphatic heterocycles. The van der Waals surface area contributed by atoms with E-state index in [9.17, 15) is 22.0 Å². The zero-order valence-electron chi connectivity index (χ0n) is 12.0. The predicted octanol–water partition coefficient (Wildman–Crippen LogP) is 2.39. The lowest BCUT2D eigenvalue weighted by Gasteiger charge is -2.08. The number of anilines is 1. The molecule has 23 heavy (non-hydrogen) atoms. The van der Waals surface area contributed by atoms with E-state index < -0.39 is 34.0 Å². The second kappa shape index (κ2) is 6.74. The van der Waals surface area contributed by atoms with Crippen molar-refractivity contribution in [3.63, 3.8) is 0 Å². The fourth-order valence-electron chi connectivity index (χ4n) is 1.71. The highest BCUT2D eigenvalue weighted by Gasteiger charge is 2.10. The van der Waals surface area contributed by atoms with Gasteiger partial charge in [0.25, 0.3) is 5.91 Å². The van der Waals surface area contributed by atoms with Crippen molar-refractivity contribution >= 4 is 21.4 Å². The van der Waals surface area contributed by atoms with E-state index in [2.05, 4.69) is 5.32 Å². The number of halogens is 2. The highest BCUT2D eigenvalue weighted by molar-refractivity contribution is 7.90. The molecule has 1 N–H and O–H groups in total. The van der Waals surface area contributed by atoms with E-state index in [1.807, 2.05) is 0 Å². The number of sulfone groups is 1. The third-order valence-corrected chi connectivity index (χ3v) is 3.92. The number of ether oxygens (including phenoxy) is 1. The van der Waals surface area contributed by atoms with Crippen LogP contribution in [0.3, 0.4) is 0 Å². The molecule has 1 amide bonds. The van der Waals surface area contributed by atoms with E-state index in [-0.39, 0.29) is 16.3 Å². The van der Waals surface area contributed by atoms with Gasteiger partial charge in [0.15, 0.2) is 28.1 Å². The maximum absolute atomic E-state index is 13.0. The van der Waals surface area contributed by atoms with Gasteiger partial charge in [0.2, 0.25) is 0 Å². The third kappa shape index (κ3) is 4.75. The fourth-order valence-corrected chi connectivity index (χ4v) is 2.37. The first kappa shape index (κ1) is 16.9. The summed E-state index contributed by atoms with van der Waals surface area (Å²) in [5.74, 6) is -2.49. The van der Waals surface area contributed by atoms with Gasteiger partial charge >= 0.3 is 0 Å². The molecule has 8 heteroatoms. The fraction of sp³-hybridized carbons (Fsp3) is 0.133. The van der Waals surface area contributed by atoms with Gasteiger partial charge in [-0.15, -0.1) is 0 Å². The van der Waals surface area contributed by atoms with Crippen LogP contribution in [0.4, 0.5) is 14.5 Å². The summed E-state index contributed by atoms with van der Waals surface area (Å²) >= 11 is 0. The molecule has 2 rings (SSSR count). The summed E-state index contributed by atoms with van der Waals surface area (Å²) in [6.45, 7) is -0.411. The number of hydrogen-bond acceptors (Lipinski definition) is 4. The summed E-state index contributed by atoms with van der Waals surface area (Å²) in [6.07, 6.45) is 1.06. The molecule has 2 aromatic carbocycles. The van der Waals surface area contributed by atoms with Crippen LogP contribution in [0.15, 0.2) is 47.4 Å². The van der Waals surface area contributed by atoms with Crippen LogP contribution in [-0.2, 0) is 14.6 Å². The maximum atomic E-state index is 13.0. The van der Waals surface area contributed by atoms with Gasteiger partial charge in [-0.2, -0.15) is 0 Å². The Balaban J connectivity index is 1.98. The van der Waals surface area contributed by atoms with Crippen molar-refractivity contribution in [3.8, 4) is 5.75 Å². The molecular weight excluding hydrogens is 328 g/mol. The SMILES string of the molecule is CS(=O)(=O)c1cccc(OCC(=O)Nc2ccc(F)c(F)c2)c1. The van der Waals surface area contributed by atoms with Crippen molar-refractivity contribution in [2.45, 2.75) is 4.90 Å². The van der Waals surface area contributed by atoms with Crippen LogP contribution in [0.25, 0.3) is 0 Å². The van der Waals surface area contributed by atoms with Crippen LogP contribution >= 0.6 is 0 Å². The monoisotopic (exact) mass is 341 g/mol. The first-order chi connectivity index (χ1) is 10.8. The highest BCUT2D eigenvalue weighted by Crippen LogP contribution is 2.17. The summed E-state index contributed by atoms with van der Waals surface area (Å²) < 4.78 is 53.8. The van der Waals surface area contributed by atoms with Gasteiger partial charge in [-0.1, -0.05) is 6.07 Å². The molecule has 0 unspecified atom stereocenters. The number of hydrogen-bond donors (Lipinski definition) is 1. The Morgan fingerprint density at radius 1 is 1.13 bits per heavy atom. The third-order valence-electron chi connectivity index (χ3n) is 2.81. The summed E-state index contributed by atoms with van der Waals surface area (Å²) in [5, 5.41) is 2.34. The van der Waals surface area contributed by atoms with Crippen LogP contribution in [-0.4, -0.2) is 27.2 Å². The van der Waals surface area contributed by atoms with E-state index in [0.29, 0.717) is 0 Å². The Hall–Kier alpha value is -2.48. The first-order valence-electron chi connectivity index (χ1n) is 6.43. The molecule has 0 aliphatic rings. The van der Waals surface area contributed by atoms with E-state index in [0.717, 1.165) is 18.4 Å². The normalized spacial score (nSPS) is 11.1. The minimum absolute atomic E-state index is 0.0658. The zero-order chi connectivity index (χ0) is 17.0. The second-order valence-corrected chi connectivity index (χ2v) is 6.73. The molecule has 0 fully saturated rings. The Labute approximate surface area is 131 Å². The number of nitrogens with one attached hydrogen (secondary N) is 1. The van der Waals surface area contributed by atoms with Gasteiger partial charge in [0.05, 0.1) is 4.90 Å². The van der Waals surface area contributed by atoms with E-state index >= 15 is 0 Å². The molecule has 5 nitrogen and oxygen atoms in total. The van der Waals surface area contributed by atoms with Gasteiger partial charge < -0.3 is 10.1 Å². The molecule has 0 heterocycles. The average molecular weight is 341 g/mol. The van der Waals surface area contributed by atoms with Gasteiger partial charge in [0.1, 0.15) is 5.75 Å². The Morgan fingerprint density at radius 3 is 2.52 bits per heavy atom. The van der Waals surface area contributed by atoms with E-state index in [1.165, 1.54) is 30.3 Å². The first-order valence-corrected chi connectivity index (χ1v) is 8.32. The zero-order valence-corrected chi connectivity index (χ0v) is 12.9. The molecule has 0 atom stereocenters. The van der Waals surface area contributed by atoms with Crippen LogP contribution in [0.5, 0.6) is 5.75 Å². The topological polar surface area (TPSA) is 72.5 Å². The average Bonchev–Trinajstić information content (AvgIpc) is 2.48. The summed E-state index contributed by atoms with van der Waals surface area (Å²) in [4.78, 5) is 11.8. The van der Waals surface area contributed by atoms with Gasteiger partial charge in [-0.05, 0) is 30.3 Å². The molecule has 0 aromatic heterocycles. The van der Waals surface area contributed by atoms with Crippen molar-refractivity contribution in [2.24, 2.45) is 0 Å². The highest BCUT2D eigenvalue weighted by atomic mass is 32.2. The summed E-state index contributed by atoms with van der Waals surface area (Å²) in [7, 11) is -3.38. The number of benzene rings is 2. The lowest BCUT2D eigenvalue weighted by atomic mass is 10.3. The van der Waals surface area contributed by atoms with Gasteiger partial charge in [0, 0.05) is 18.0 Å². The molecular formula is C15H13F2NO4S. The van der Waals surface area contributed by atoms with Gasteiger partial charge in [-0.25, -0.2) is 17.2 Å². The molecule has 2 aromatic rings. The largest absolute Gasteiger partial charge is 0.484 e. The Kier molecular flexibility index (Phi) is 4.95. The molecule has 0 saturated carbocycles. The van der Waals surface area contributed by atoms with Crippen molar-refractivity contribution in [3.05, 3.63) is 54.1 Å². The lowest BCUT2D eigenvalue weighted by molar-refractivity contribution is -0.118. The molecule has 0 radical (unpaired) electrons. The van der Waals surface area contributed by atoms with Crippen LogP contribution in [0.1, 0.15) is 0 Å². The number of amides is 1. The molecule has 0 saturated heterocycles. The number of carbonyl (C=O) groups excluding carboxylic acids is 1. The number of carbonyl (C=O) groups is 1. The minimum Gasteiger partial charge on any atom is -0.484 e. The van der Waals surface area contributed by atoms with Crippen molar-refractivity contribution in [1.29, 1.82) is 0 Å². The van der Waals surface area contributed by atoms with Crippen molar-refractivity contribution in [2.75, 3.05) is 18.2 Å². The predicted molar refractivity (Wildman–Crippen MR) is 80.0 cm³/mol. The van der Waals surface area contributed by atoms with Gasteiger partial charge in [-0.3, -0.25) is 4.79 Å². The standard InChI is InChI=1S/C15H13F2NO4S/c1-23(20,21)12-4-2-3-11(8-12)22-9-15(19)18-10-5-6-13(16)14(17)7-10/h2-8H,9H2,1H3,(H,18,19). The quantitative estimate of drug-likeness (QED) is 0.906. The maximum Gasteiger partial charge on any atom is 0.262 e. The Morgan fingerprint density at radius 2 is 1.87 bits per heavy atom. The van der Waals surface area contributed by atoms with Crippen LogP contribution in [0, 0.1) is 11.6 Å². The number of rotatable bonds is 5. The summed E-state index contributed by atoms with van der Waals surface area (Å²) in [5.41, 5.74) is 0.0855. The smallest absolute Gasteiger partial charge is 0.262 e. The van der Waals surface area contributed by atoms with Crippen molar-refractivity contribution in [1.82, 2.24) is 0 Å². The van der Waals surface area contributed by atoms with Crippen LogP contribution in [0.2, 0.25) is 0 Å². The second-order valence-electron chi connectivity index (χ2n) is 4.71. The molecule has 122 valence electrons. The molecule has 0 aliphatic carbocycles. The molecule has 0 spiro atoms. The summed E-state index contributed by atoms with van der Waals surface area (Å²) in [6, 6.07) is 8.63. The minimum atomic E-state index is -3.38.